The van der Waals surface area contributed by atoms with Crippen LogP contribution in [0.1, 0.15) is 35.0 Å². The number of piperidine rings is 1. The lowest BCUT2D eigenvalue weighted by molar-refractivity contribution is 0.0656. The van der Waals surface area contributed by atoms with E-state index in [4.69, 9.17) is 4.42 Å². The fraction of sp³-hybridized carbons (Fsp3) is 0.692. The highest BCUT2D eigenvalue weighted by molar-refractivity contribution is 5.92. The van der Waals surface area contributed by atoms with E-state index in [1.807, 2.05) is 18.9 Å². The van der Waals surface area contributed by atoms with E-state index >= 15 is 0 Å². The van der Waals surface area contributed by atoms with Crippen molar-refractivity contribution < 1.29 is 9.21 Å². The molecule has 0 atom stereocenters. The number of aromatic nitrogens is 1. The number of amides is 1. The molecule has 0 saturated carbocycles. The van der Waals surface area contributed by atoms with E-state index in [1.54, 1.807) is 6.92 Å². The molecule has 1 aliphatic heterocycles. The highest BCUT2D eigenvalue weighted by atomic mass is 35.5. The number of aryl methyl sites for hydroxylation is 2. The van der Waals surface area contributed by atoms with Crippen LogP contribution in [-0.2, 0) is 0 Å². The Balaban J connectivity index is 0.00000180. The summed E-state index contributed by atoms with van der Waals surface area (Å²) in [5.74, 6) is 1.62. The lowest BCUT2D eigenvalue weighted by Crippen LogP contribution is -2.40. The van der Waals surface area contributed by atoms with Crippen molar-refractivity contribution in [2.75, 3.05) is 26.7 Å². The number of carbonyl (C=O) groups excluding carboxylic acids is 1. The number of halogens is 1. The van der Waals surface area contributed by atoms with Crippen LogP contribution in [0.5, 0.6) is 0 Å². The van der Waals surface area contributed by atoms with Crippen LogP contribution in [0.25, 0.3) is 0 Å². The second-order valence-electron chi connectivity index (χ2n) is 4.94. The molecule has 2 heterocycles. The maximum atomic E-state index is 12.3. The zero-order chi connectivity index (χ0) is 13.1. The minimum absolute atomic E-state index is 0. The number of nitrogens with one attached hydrogen (secondary N) is 1. The van der Waals surface area contributed by atoms with E-state index in [0.717, 1.165) is 32.5 Å². The number of hydrogen-bond acceptors (Lipinski definition) is 4. The lowest BCUT2D eigenvalue weighted by atomic mass is 9.96. The molecule has 1 aliphatic rings. The van der Waals surface area contributed by atoms with Crippen molar-refractivity contribution in [3.8, 4) is 0 Å². The van der Waals surface area contributed by atoms with Gasteiger partial charge in [-0.05, 0) is 39.3 Å². The van der Waals surface area contributed by atoms with E-state index in [-0.39, 0.29) is 18.3 Å². The average molecular weight is 288 g/mol. The van der Waals surface area contributed by atoms with Crippen LogP contribution >= 0.6 is 12.4 Å². The van der Waals surface area contributed by atoms with Gasteiger partial charge in [-0.1, -0.05) is 0 Å². The summed E-state index contributed by atoms with van der Waals surface area (Å²) < 4.78 is 5.39. The van der Waals surface area contributed by atoms with Gasteiger partial charge in [0.15, 0.2) is 5.89 Å². The third-order valence-electron chi connectivity index (χ3n) is 3.49. The molecule has 108 valence electrons. The molecule has 0 aromatic carbocycles. The zero-order valence-electron chi connectivity index (χ0n) is 11.7. The van der Waals surface area contributed by atoms with Gasteiger partial charge in [-0.3, -0.25) is 4.79 Å². The van der Waals surface area contributed by atoms with Crippen molar-refractivity contribution >= 4 is 18.3 Å². The largest absolute Gasteiger partial charge is 0.436 e. The van der Waals surface area contributed by atoms with E-state index in [2.05, 4.69) is 10.3 Å². The molecule has 1 fully saturated rings. The SMILES string of the molecule is CNCC1CCN(C(=O)c2oc(C)nc2C)CC1.Cl. The molecule has 1 N–H and O–H groups in total. The monoisotopic (exact) mass is 287 g/mol. The summed E-state index contributed by atoms with van der Waals surface area (Å²) in [6.45, 7) is 6.23. The topological polar surface area (TPSA) is 58.4 Å². The van der Waals surface area contributed by atoms with Crippen molar-refractivity contribution in [2.24, 2.45) is 5.92 Å². The number of hydrogen-bond donors (Lipinski definition) is 1. The molecule has 1 aromatic heterocycles. The quantitative estimate of drug-likeness (QED) is 0.921. The van der Waals surface area contributed by atoms with Gasteiger partial charge >= 0.3 is 0 Å². The first-order valence-corrected chi connectivity index (χ1v) is 6.49. The third-order valence-corrected chi connectivity index (χ3v) is 3.49. The number of carbonyl (C=O) groups is 1. The van der Waals surface area contributed by atoms with E-state index in [0.29, 0.717) is 23.3 Å². The molecule has 0 unspecified atom stereocenters. The van der Waals surface area contributed by atoms with Crippen LogP contribution in [0.2, 0.25) is 0 Å². The maximum Gasteiger partial charge on any atom is 0.291 e. The summed E-state index contributed by atoms with van der Waals surface area (Å²) >= 11 is 0. The summed E-state index contributed by atoms with van der Waals surface area (Å²) in [5, 5.41) is 3.19. The van der Waals surface area contributed by atoms with Gasteiger partial charge in [-0.25, -0.2) is 4.98 Å². The molecule has 19 heavy (non-hydrogen) atoms. The predicted molar refractivity (Wildman–Crippen MR) is 75.8 cm³/mol. The van der Waals surface area contributed by atoms with Crippen LogP contribution < -0.4 is 5.32 Å². The summed E-state index contributed by atoms with van der Waals surface area (Å²) in [4.78, 5) is 18.3. The first-order chi connectivity index (χ1) is 8.61. The molecule has 6 heteroatoms. The maximum absolute atomic E-state index is 12.3. The van der Waals surface area contributed by atoms with E-state index in [1.165, 1.54) is 0 Å². The Labute approximate surface area is 120 Å². The number of nitrogens with zero attached hydrogens (tertiary/aromatic N) is 2. The second kappa shape index (κ2) is 6.91. The van der Waals surface area contributed by atoms with Gasteiger partial charge in [0.05, 0.1) is 5.69 Å². The summed E-state index contributed by atoms with van der Waals surface area (Å²) in [6.07, 6.45) is 2.11. The molecule has 1 saturated heterocycles. The van der Waals surface area contributed by atoms with Gasteiger partial charge in [0.1, 0.15) is 0 Å². The molecule has 2 rings (SSSR count). The molecule has 0 radical (unpaired) electrons. The first-order valence-electron chi connectivity index (χ1n) is 6.49. The van der Waals surface area contributed by atoms with Gasteiger partial charge in [0, 0.05) is 20.0 Å². The number of rotatable bonds is 3. The fourth-order valence-electron chi connectivity index (χ4n) is 2.50. The fourth-order valence-corrected chi connectivity index (χ4v) is 2.50. The molecular weight excluding hydrogens is 266 g/mol. The number of likely N-dealkylation sites (tertiary alicyclic amines) is 1. The Hall–Kier alpha value is -1.07. The van der Waals surface area contributed by atoms with Crippen LogP contribution in [0.4, 0.5) is 0 Å². The van der Waals surface area contributed by atoms with Crippen LogP contribution in [0, 0.1) is 19.8 Å². The predicted octanol–water partition coefficient (Wildman–Crippen LogP) is 1.78. The minimum atomic E-state index is -0.0176. The van der Waals surface area contributed by atoms with Crippen molar-refractivity contribution in [1.29, 1.82) is 0 Å². The third kappa shape index (κ3) is 3.70. The second-order valence-corrected chi connectivity index (χ2v) is 4.94. The average Bonchev–Trinajstić information content (AvgIpc) is 2.69. The minimum Gasteiger partial charge on any atom is -0.436 e. The Morgan fingerprint density at radius 2 is 2.05 bits per heavy atom. The van der Waals surface area contributed by atoms with Crippen molar-refractivity contribution in [2.45, 2.75) is 26.7 Å². The zero-order valence-corrected chi connectivity index (χ0v) is 12.5. The van der Waals surface area contributed by atoms with Gasteiger partial charge in [0.25, 0.3) is 5.91 Å². The van der Waals surface area contributed by atoms with Crippen LogP contribution in [0.3, 0.4) is 0 Å². The van der Waals surface area contributed by atoms with Crippen molar-refractivity contribution in [3.05, 3.63) is 17.3 Å². The van der Waals surface area contributed by atoms with Gasteiger partial charge in [0.2, 0.25) is 5.76 Å². The number of oxazole rings is 1. The molecular formula is C13H22ClN3O2. The lowest BCUT2D eigenvalue weighted by Gasteiger charge is -2.31. The molecule has 0 bridgehead atoms. The standard InChI is InChI=1S/C13H21N3O2.ClH/c1-9-12(18-10(2)15-9)13(17)16-6-4-11(5-7-16)8-14-3;/h11,14H,4-8H2,1-3H3;1H. The van der Waals surface area contributed by atoms with E-state index < -0.39 is 0 Å². The van der Waals surface area contributed by atoms with Crippen LogP contribution in [0.15, 0.2) is 4.42 Å². The van der Waals surface area contributed by atoms with E-state index in [9.17, 15) is 4.79 Å². The first kappa shape index (κ1) is 16.0. The van der Waals surface area contributed by atoms with Crippen LogP contribution in [-0.4, -0.2) is 42.5 Å². The molecule has 1 aromatic rings. The Kier molecular flexibility index (Phi) is 5.82. The molecule has 0 aliphatic carbocycles. The van der Waals surface area contributed by atoms with Crippen molar-refractivity contribution in [1.82, 2.24) is 15.2 Å². The van der Waals surface area contributed by atoms with Gasteiger partial charge < -0.3 is 14.6 Å². The van der Waals surface area contributed by atoms with Crippen molar-refractivity contribution in [3.63, 3.8) is 0 Å². The highest BCUT2D eigenvalue weighted by Crippen LogP contribution is 2.20. The normalized spacial score (nSPS) is 16.3. The molecule has 5 nitrogen and oxygen atoms in total. The Morgan fingerprint density at radius 3 is 2.53 bits per heavy atom. The molecule has 1 amide bonds. The Bertz CT molecular complexity index is 426. The summed E-state index contributed by atoms with van der Waals surface area (Å²) in [7, 11) is 1.97. The molecule has 0 spiro atoms. The van der Waals surface area contributed by atoms with Gasteiger partial charge in [-0.2, -0.15) is 0 Å². The summed E-state index contributed by atoms with van der Waals surface area (Å²) in [6, 6.07) is 0. The Morgan fingerprint density at radius 1 is 1.42 bits per heavy atom. The summed E-state index contributed by atoms with van der Waals surface area (Å²) in [5.41, 5.74) is 0.690. The smallest absolute Gasteiger partial charge is 0.291 e. The van der Waals surface area contributed by atoms with Gasteiger partial charge in [-0.15, -0.1) is 12.4 Å². The highest BCUT2D eigenvalue weighted by Gasteiger charge is 2.26.